The molecule has 1 aliphatic rings. The summed E-state index contributed by atoms with van der Waals surface area (Å²) in [6.07, 6.45) is -2.16. The number of para-hydroxylation sites is 2. The van der Waals surface area contributed by atoms with Crippen molar-refractivity contribution in [3.05, 3.63) is 66.0 Å². The van der Waals surface area contributed by atoms with Gasteiger partial charge in [-0.15, -0.1) is 0 Å². The first-order chi connectivity index (χ1) is 13.4. The topological polar surface area (TPSA) is 64.4 Å². The van der Waals surface area contributed by atoms with Gasteiger partial charge < -0.3 is 9.30 Å². The maximum Gasteiger partial charge on any atom is 0.218 e. The van der Waals surface area contributed by atoms with Gasteiger partial charge in [-0.1, -0.05) is 42.5 Å². The molecule has 0 spiro atoms. The number of sulfonamides is 1. The second-order valence-corrected chi connectivity index (χ2v) is 8.97. The van der Waals surface area contributed by atoms with Crippen LogP contribution in [-0.2, 0) is 34.2 Å². The SMILES string of the molecule is Cn1c(COC2CN(S(=O)(=O)Cc3ccccc3)CC2F)nc2ccccc21. The highest BCUT2D eigenvalue weighted by atomic mass is 32.2. The van der Waals surface area contributed by atoms with Crippen molar-refractivity contribution in [1.29, 1.82) is 0 Å². The molecule has 28 heavy (non-hydrogen) atoms. The number of rotatable bonds is 6. The molecule has 0 N–H and O–H groups in total. The average molecular weight is 403 g/mol. The fourth-order valence-electron chi connectivity index (χ4n) is 3.47. The number of ether oxygens (including phenoxy) is 1. The third-order valence-corrected chi connectivity index (χ3v) is 6.84. The van der Waals surface area contributed by atoms with Crippen molar-refractivity contribution in [2.45, 2.75) is 24.6 Å². The molecule has 6 nitrogen and oxygen atoms in total. The van der Waals surface area contributed by atoms with Crippen LogP contribution < -0.4 is 0 Å². The first-order valence-electron chi connectivity index (χ1n) is 9.12. The molecule has 0 radical (unpaired) electrons. The highest BCUT2D eigenvalue weighted by Gasteiger charge is 2.39. The highest BCUT2D eigenvalue weighted by molar-refractivity contribution is 7.88. The van der Waals surface area contributed by atoms with Gasteiger partial charge in [-0.2, -0.15) is 4.31 Å². The second-order valence-electron chi connectivity index (χ2n) is 7.00. The number of halogens is 1. The highest BCUT2D eigenvalue weighted by Crippen LogP contribution is 2.23. The Hall–Kier alpha value is -2.29. The van der Waals surface area contributed by atoms with Crippen molar-refractivity contribution in [3.8, 4) is 0 Å². The summed E-state index contributed by atoms with van der Waals surface area (Å²) in [7, 11) is -1.72. The summed E-state index contributed by atoms with van der Waals surface area (Å²) in [5.41, 5.74) is 2.50. The van der Waals surface area contributed by atoms with Gasteiger partial charge in [-0.05, 0) is 17.7 Å². The van der Waals surface area contributed by atoms with Crippen LogP contribution in [0.4, 0.5) is 4.39 Å². The molecule has 3 aromatic rings. The van der Waals surface area contributed by atoms with Crippen LogP contribution in [0.1, 0.15) is 11.4 Å². The summed E-state index contributed by atoms with van der Waals surface area (Å²) in [4.78, 5) is 4.51. The number of hydrogen-bond acceptors (Lipinski definition) is 4. The number of nitrogens with zero attached hydrogens (tertiary/aromatic N) is 3. The number of aromatic nitrogens is 2. The van der Waals surface area contributed by atoms with Gasteiger partial charge in [0.1, 0.15) is 24.7 Å². The molecule has 2 unspecified atom stereocenters. The number of hydrogen-bond donors (Lipinski definition) is 0. The average Bonchev–Trinajstić information content (AvgIpc) is 3.21. The number of fused-ring (bicyclic) bond motifs is 1. The van der Waals surface area contributed by atoms with Crippen molar-refractivity contribution in [2.24, 2.45) is 7.05 Å². The molecule has 2 heterocycles. The Morgan fingerprint density at radius 2 is 1.82 bits per heavy atom. The van der Waals surface area contributed by atoms with Gasteiger partial charge in [0.2, 0.25) is 10.0 Å². The Labute approximate surface area is 163 Å². The molecular formula is C20H22FN3O3S. The van der Waals surface area contributed by atoms with Crippen LogP contribution in [0, 0.1) is 0 Å². The van der Waals surface area contributed by atoms with Crippen LogP contribution in [0.15, 0.2) is 54.6 Å². The standard InChI is InChI=1S/C20H22FN3O3S/c1-23-18-10-6-5-9-17(18)22-20(23)13-27-19-12-24(11-16(19)21)28(25,26)14-15-7-3-2-4-8-15/h2-10,16,19H,11-14H2,1H3. The van der Waals surface area contributed by atoms with Gasteiger partial charge in [-0.25, -0.2) is 17.8 Å². The van der Waals surface area contributed by atoms with E-state index in [0.717, 1.165) is 11.0 Å². The fraction of sp³-hybridized carbons (Fsp3) is 0.350. The molecule has 8 heteroatoms. The maximum absolute atomic E-state index is 14.5. The Kier molecular flexibility index (Phi) is 5.18. The maximum atomic E-state index is 14.5. The van der Waals surface area contributed by atoms with Crippen LogP contribution in [0.25, 0.3) is 11.0 Å². The van der Waals surface area contributed by atoms with E-state index in [4.69, 9.17) is 4.74 Å². The van der Waals surface area contributed by atoms with Gasteiger partial charge >= 0.3 is 0 Å². The first-order valence-corrected chi connectivity index (χ1v) is 10.7. The minimum atomic E-state index is -3.60. The Bertz CT molecular complexity index is 1070. The summed E-state index contributed by atoms with van der Waals surface area (Å²) in [5.74, 6) is 0.539. The van der Waals surface area contributed by atoms with Gasteiger partial charge in [0.25, 0.3) is 0 Å². The Morgan fingerprint density at radius 1 is 1.11 bits per heavy atom. The van der Waals surface area contributed by atoms with E-state index in [1.165, 1.54) is 4.31 Å². The first kappa shape index (κ1) is 19.0. The lowest BCUT2D eigenvalue weighted by Gasteiger charge is -2.16. The monoisotopic (exact) mass is 403 g/mol. The van der Waals surface area contributed by atoms with Gasteiger partial charge in [0, 0.05) is 20.1 Å². The normalized spacial score (nSPS) is 20.8. The zero-order chi connectivity index (χ0) is 19.7. The molecule has 0 amide bonds. The molecule has 1 saturated heterocycles. The smallest absolute Gasteiger partial charge is 0.218 e. The second kappa shape index (κ2) is 7.62. The van der Waals surface area contributed by atoms with E-state index in [2.05, 4.69) is 4.98 Å². The molecule has 1 aromatic heterocycles. The number of benzene rings is 2. The minimum Gasteiger partial charge on any atom is -0.366 e. The van der Waals surface area contributed by atoms with Crippen molar-refractivity contribution in [2.75, 3.05) is 13.1 Å². The lowest BCUT2D eigenvalue weighted by molar-refractivity contribution is 0.00895. The molecule has 148 valence electrons. The van der Waals surface area contributed by atoms with E-state index in [0.29, 0.717) is 11.4 Å². The number of imidazole rings is 1. The van der Waals surface area contributed by atoms with Crippen LogP contribution in [0.2, 0.25) is 0 Å². The quantitative estimate of drug-likeness (QED) is 0.635. The molecular weight excluding hydrogens is 381 g/mol. The van der Waals surface area contributed by atoms with Crippen molar-refractivity contribution in [3.63, 3.8) is 0 Å². The van der Waals surface area contributed by atoms with Gasteiger partial charge in [0.05, 0.1) is 16.8 Å². The van der Waals surface area contributed by atoms with Crippen LogP contribution in [0.3, 0.4) is 0 Å². The fourth-order valence-corrected chi connectivity index (χ4v) is 5.01. The van der Waals surface area contributed by atoms with E-state index < -0.39 is 22.3 Å². The van der Waals surface area contributed by atoms with Crippen LogP contribution in [0.5, 0.6) is 0 Å². The Morgan fingerprint density at radius 3 is 2.57 bits per heavy atom. The summed E-state index contributed by atoms with van der Waals surface area (Å²) in [5, 5.41) is 0. The molecule has 2 aromatic carbocycles. The summed E-state index contributed by atoms with van der Waals surface area (Å²) >= 11 is 0. The van der Waals surface area contributed by atoms with Gasteiger partial charge in [0.15, 0.2) is 0 Å². The van der Waals surface area contributed by atoms with Gasteiger partial charge in [-0.3, -0.25) is 0 Å². The molecule has 0 saturated carbocycles. The van der Waals surface area contributed by atoms with Crippen molar-refractivity contribution >= 4 is 21.1 Å². The predicted molar refractivity (Wildman–Crippen MR) is 105 cm³/mol. The molecule has 1 aliphatic heterocycles. The molecule has 4 rings (SSSR count). The predicted octanol–water partition coefficient (Wildman–Crippen LogP) is 2.64. The Balaban J connectivity index is 1.42. The van der Waals surface area contributed by atoms with E-state index in [1.807, 2.05) is 41.9 Å². The largest absolute Gasteiger partial charge is 0.366 e. The molecule has 0 aliphatic carbocycles. The number of aryl methyl sites for hydroxylation is 1. The lowest BCUT2D eigenvalue weighted by Crippen LogP contribution is -2.31. The van der Waals surface area contributed by atoms with Crippen molar-refractivity contribution < 1.29 is 17.5 Å². The van der Waals surface area contributed by atoms with E-state index in [-0.39, 0.29) is 25.4 Å². The number of alkyl halides is 1. The van der Waals surface area contributed by atoms with E-state index in [9.17, 15) is 12.8 Å². The molecule has 1 fully saturated rings. The third-order valence-electron chi connectivity index (χ3n) is 5.06. The van der Waals surface area contributed by atoms with Crippen LogP contribution >= 0.6 is 0 Å². The summed E-state index contributed by atoms with van der Waals surface area (Å²) < 4.78 is 48.5. The van der Waals surface area contributed by atoms with E-state index >= 15 is 0 Å². The molecule has 2 atom stereocenters. The third kappa shape index (κ3) is 3.80. The zero-order valence-electron chi connectivity index (χ0n) is 15.5. The zero-order valence-corrected chi connectivity index (χ0v) is 16.3. The summed E-state index contributed by atoms with van der Waals surface area (Å²) in [6.45, 7) is -0.0362. The summed E-state index contributed by atoms with van der Waals surface area (Å²) in [6, 6.07) is 16.6. The van der Waals surface area contributed by atoms with Crippen molar-refractivity contribution in [1.82, 2.24) is 13.9 Å². The van der Waals surface area contributed by atoms with E-state index in [1.54, 1.807) is 24.3 Å². The lowest BCUT2D eigenvalue weighted by atomic mass is 10.2. The molecule has 0 bridgehead atoms. The minimum absolute atomic E-state index is 0.0142. The van der Waals surface area contributed by atoms with Crippen LogP contribution in [-0.4, -0.2) is 47.6 Å².